The lowest BCUT2D eigenvalue weighted by Crippen LogP contribution is -2.52. The predicted molar refractivity (Wildman–Crippen MR) is 228 cm³/mol. The van der Waals surface area contributed by atoms with Gasteiger partial charge in [0.15, 0.2) is 22.5 Å². The highest BCUT2D eigenvalue weighted by atomic mass is 32.1. The molecular weight excluding hydrogens is 739 g/mol. The number of hydrogen-bond acceptors (Lipinski definition) is 13. The van der Waals surface area contributed by atoms with Crippen molar-refractivity contribution in [1.29, 1.82) is 0 Å². The fraction of sp³-hybridized carbons (Fsp3) is 0.535. The summed E-state index contributed by atoms with van der Waals surface area (Å²) in [5, 5.41) is 32.5. The van der Waals surface area contributed by atoms with Crippen LogP contribution >= 0.6 is 11.3 Å². The third-order valence-corrected chi connectivity index (χ3v) is 13.4. The van der Waals surface area contributed by atoms with Gasteiger partial charge >= 0.3 is 5.97 Å². The lowest BCUT2D eigenvalue weighted by atomic mass is 9.53. The lowest BCUT2D eigenvalue weighted by Gasteiger charge is -2.56. The van der Waals surface area contributed by atoms with E-state index in [-0.39, 0.29) is 28.7 Å². The van der Waals surface area contributed by atoms with Gasteiger partial charge in [0, 0.05) is 56.3 Å². The van der Waals surface area contributed by atoms with Crippen LogP contribution in [0.4, 0.5) is 22.6 Å². The second-order valence-corrected chi connectivity index (χ2v) is 18.5. The Morgan fingerprint density at radius 2 is 1.82 bits per heavy atom. The zero-order chi connectivity index (χ0) is 40.5. The summed E-state index contributed by atoms with van der Waals surface area (Å²) in [4.78, 5) is 31.0. The third kappa shape index (κ3) is 8.84. The number of pyridine rings is 1. The van der Waals surface area contributed by atoms with E-state index in [9.17, 15) is 15.0 Å². The average Bonchev–Trinajstić information content (AvgIpc) is 3.52. The van der Waals surface area contributed by atoms with E-state index < -0.39 is 5.97 Å². The number of carboxylic acids is 1. The van der Waals surface area contributed by atoms with E-state index in [1.54, 1.807) is 35.4 Å². The van der Waals surface area contributed by atoms with Gasteiger partial charge in [-0.3, -0.25) is 4.99 Å². The second-order valence-electron chi connectivity index (χ2n) is 17.5. The van der Waals surface area contributed by atoms with Crippen molar-refractivity contribution < 1.29 is 19.7 Å². The van der Waals surface area contributed by atoms with Gasteiger partial charge in [0.2, 0.25) is 0 Å². The Morgan fingerprint density at radius 1 is 1.05 bits per heavy atom. The first kappa shape index (κ1) is 40.7. The fourth-order valence-electron chi connectivity index (χ4n) is 10.4. The van der Waals surface area contributed by atoms with Gasteiger partial charge in [-0.1, -0.05) is 37.3 Å². The summed E-state index contributed by atoms with van der Waals surface area (Å²) >= 11 is 1.54. The number of allylic oxidation sites excluding steroid dienone is 1. The summed E-state index contributed by atoms with van der Waals surface area (Å²) < 4.78 is 7.96. The number of aromatic nitrogens is 4. The Morgan fingerprint density at radius 3 is 2.54 bits per heavy atom. The molecule has 13 nitrogen and oxygen atoms in total. The van der Waals surface area contributed by atoms with Crippen LogP contribution in [0.5, 0.6) is 0 Å². The zero-order valence-corrected chi connectivity index (χ0v) is 34.9. The molecule has 8 rings (SSSR count). The lowest BCUT2D eigenvalue weighted by molar-refractivity contribution is -0.165. The zero-order valence-electron chi connectivity index (χ0n) is 34.1. The van der Waals surface area contributed by atoms with Crippen molar-refractivity contribution in [3.63, 3.8) is 0 Å². The molecule has 14 heteroatoms. The van der Waals surface area contributed by atoms with E-state index in [1.165, 1.54) is 19.0 Å². The van der Waals surface area contributed by atoms with Gasteiger partial charge < -0.3 is 35.8 Å². The number of hydrogen-bond donors (Lipinski definition) is 4. The molecule has 5 unspecified atom stereocenters. The van der Waals surface area contributed by atoms with Gasteiger partial charge in [-0.15, -0.1) is 10.2 Å². The molecular formula is C43H57N9O4S. The van der Waals surface area contributed by atoms with Crippen molar-refractivity contribution in [3.05, 3.63) is 65.5 Å². The Balaban J connectivity index is 1.05. The number of thiazole rings is 1. The van der Waals surface area contributed by atoms with Crippen LogP contribution in [-0.2, 0) is 4.74 Å². The van der Waals surface area contributed by atoms with Crippen LogP contribution in [0, 0.1) is 29.6 Å². The number of benzene rings is 1. The quantitative estimate of drug-likeness (QED) is 0.0826. The number of aliphatic hydroxyl groups excluding tert-OH is 1. The van der Waals surface area contributed by atoms with Gasteiger partial charge in [-0.25, -0.2) is 14.8 Å². The molecule has 1 aromatic carbocycles. The van der Waals surface area contributed by atoms with Crippen molar-refractivity contribution in [1.82, 2.24) is 25.1 Å². The molecule has 5 N–H and O–H groups in total. The van der Waals surface area contributed by atoms with Gasteiger partial charge in [0.1, 0.15) is 5.82 Å². The van der Waals surface area contributed by atoms with Gasteiger partial charge in [-0.05, 0) is 124 Å². The number of para-hydroxylation sites is 1. The number of carboxylic acid groups (broad SMARTS) is 1. The molecule has 0 amide bonds. The van der Waals surface area contributed by atoms with Crippen molar-refractivity contribution in [2.45, 2.75) is 78.2 Å². The number of likely N-dealkylation sites (N-methyl/N-ethyl adjacent to an activating group) is 1. The third-order valence-electron chi connectivity index (χ3n) is 12.4. The molecule has 304 valence electrons. The molecule has 4 fully saturated rings. The number of fused-ring (bicyclic) bond motifs is 2. The molecule has 3 aromatic heterocycles. The normalized spacial score (nSPS) is 26.0. The van der Waals surface area contributed by atoms with Crippen molar-refractivity contribution >= 4 is 61.4 Å². The monoisotopic (exact) mass is 795 g/mol. The van der Waals surface area contributed by atoms with Gasteiger partial charge in [0.25, 0.3) is 0 Å². The summed E-state index contributed by atoms with van der Waals surface area (Å²) in [6.07, 6.45) is 8.93. The first-order valence-electron chi connectivity index (χ1n) is 20.0. The van der Waals surface area contributed by atoms with Crippen LogP contribution in [0.25, 0.3) is 15.8 Å². The van der Waals surface area contributed by atoms with Crippen LogP contribution in [0.15, 0.2) is 53.7 Å². The summed E-state index contributed by atoms with van der Waals surface area (Å²) in [5.74, 6) is 1.23. The van der Waals surface area contributed by atoms with Crippen molar-refractivity contribution in [2.75, 3.05) is 57.2 Å². The highest BCUT2D eigenvalue weighted by Gasteiger charge is 2.60. The molecule has 3 heterocycles. The van der Waals surface area contributed by atoms with E-state index >= 15 is 0 Å². The number of carbonyl (C=O) groups is 1. The van der Waals surface area contributed by atoms with Crippen molar-refractivity contribution in [2.24, 2.45) is 33.4 Å². The summed E-state index contributed by atoms with van der Waals surface area (Å²) in [6, 6.07) is 13.3. The Bertz CT molecular complexity index is 2140. The average molecular weight is 796 g/mol. The molecule has 4 aliphatic rings. The number of anilines is 4. The first-order valence-corrected chi connectivity index (χ1v) is 20.9. The summed E-state index contributed by atoms with van der Waals surface area (Å²) in [5.41, 5.74) is 9.83. The van der Waals surface area contributed by atoms with E-state index in [1.807, 2.05) is 44.2 Å². The van der Waals surface area contributed by atoms with Crippen molar-refractivity contribution in [3.8, 4) is 0 Å². The minimum Gasteiger partial charge on any atom is -0.476 e. The molecule has 4 aromatic rings. The SMILES string of the molecule is CC(=NCC1CC2(C)CC3(C)CC1CC(OCCN(C)CCCO)(C2)C3)/C(=C\N)c1ccc(N(C)c2cc(C)c(Nc3nc4ccccc4s3)nn2)nc1C(=O)O. The van der Waals surface area contributed by atoms with E-state index in [0.717, 1.165) is 66.1 Å². The molecule has 4 bridgehead atoms. The molecule has 0 spiro atoms. The largest absolute Gasteiger partial charge is 0.476 e. The number of rotatable bonds is 16. The maximum Gasteiger partial charge on any atom is 0.355 e. The number of nitrogens with one attached hydrogen (secondary N) is 1. The molecule has 4 saturated carbocycles. The fourth-order valence-corrected chi connectivity index (χ4v) is 11.3. The predicted octanol–water partition coefficient (Wildman–Crippen LogP) is 7.46. The number of aliphatic hydroxyl groups is 1. The molecule has 5 atom stereocenters. The van der Waals surface area contributed by atoms with Crippen LogP contribution < -0.4 is 16.0 Å². The first-order chi connectivity index (χ1) is 27.2. The number of nitrogens with two attached hydrogens (primary N) is 1. The Hall–Kier alpha value is -4.50. The highest BCUT2D eigenvalue weighted by Crippen LogP contribution is 2.66. The number of aryl methyl sites for hydroxylation is 1. The van der Waals surface area contributed by atoms with Crippen LogP contribution in [-0.4, -0.2) is 99.5 Å². The topological polar surface area (TPSA) is 175 Å². The maximum atomic E-state index is 12.7. The second kappa shape index (κ2) is 16.4. The summed E-state index contributed by atoms with van der Waals surface area (Å²) in [6.45, 7) is 12.0. The number of ether oxygens (including phenoxy) is 1. The molecule has 57 heavy (non-hydrogen) atoms. The number of aromatic carboxylic acids is 1. The van der Waals surface area contributed by atoms with Gasteiger partial charge in [0.05, 0.1) is 22.4 Å². The Labute approximate surface area is 339 Å². The Kier molecular flexibility index (Phi) is 11.7. The van der Waals surface area contributed by atoms with Gasteiger partial charge in [-0.2, -0.15) is 0 Å². The number of nitrogens with zero attached hydrogens (tertiary/aromatic N) is 7. The van der Waals surface area contributed by atoms with Crippen LogP contribution in [0.2, 0.25) is 0 Å². The molecule has 0 radical (unpaired) electrons. The minimum atomic E-state index is -1.16. The highest BCUT2D eigenvalue weighted by molar-refractivity contribution is 7.22. The standard InChI is InChI=1S/C43H57N9O4S/c1-27-18-36(49-50-38(27)48-40-46-33-10-7-8-11-34(33)57-40)52(6)35-13-12-31(37(47-35)39(54)55)32(22-44)28(2)45-23-30-20-42(4)24-41(3)19-29(30)21-43(25-41,26-42)56-17-15-51(5)14-9-16-53/h7-8,10-13,18,22,29-30,53H,9,14-17,19-21,23-26,44H2,1-6H3,(H,54,55)(H,46,48,50)/b32-22+,45-28?. The number of aliphatic imine (C=N–C) groups is 1. The molecule has 0 saturated heterocycles. The van der Waals surface area contributed by atoms with E-state index in [2.05, 4.69) is 51.3 Å². The minimum absolute atomic E-state index is 0.114. The molecule has 0 aliphatic heterocycles. The smallest absolute Gasteiger partial charge is 0.355 e. The molecule has 4 aliphatic carbocycles. The van der Waals surface area contributed by atoms with E-state index in [4.69, 9.17) is 15.5 Å². The van der Waals surface area contributed by atoms with E-state index in [0.29, 0.717) is 59.3 Å². The van der Waals surface area contributed by atoms with Crippen LogP contribution in [0.3, 0.4) is 0 Å². The summed E-state index contributed by atoms with van der Waals surface area (Å²) in [7, 11) is 3.88. The van der Waals surface area contributed by atoms with Crippen LogP contribution in [0.1, 0.15) is 87.3 Å². The maximum absolute atomic E-state index is 12.7.